The number of rotatable bonds is 4. The van der Waals surface area contributed by atoms with Gasteiger partial charge >= 0.3 is 5.97 Å². The van der Waals surface area contributed by atoms with E-state index in [1.807, 2.05) is 46.8 Å². The molecule has 31 heavy (non-hydrogen) atoms. The van der Waals surface area contributed by atoms with E-state index >= 15 is 0 Å². The van der Waals surface area contributed by atoms with Gasteiger partial charge in [0.05, 0.1) is 24.4 Å². The standard InChI is InChI=1S/C23H25N3O5/c1-6-12-17-14(9-24-19(12)22(27)29-11(2)3)25-13-7-8-15-20(18(13)17)26-21(30-15)16-10-28-23(4,5)31-16/h7-9,11,16,25H,6,10H2,1-5H3. The zero-order chi connectivity index (χ0) is 21.9. The summed E-state index contributed by atoms with van der Waals surface area (Å²) in [4.78, 5) is 25.3. The number of oxazole rings is 1. The fourth-order valence-electron chi connectivity index (χ4n) is 4.18. The Kier molecular flexibility index (Phi) is 4.53. The SMILES string of the molecule is CCc1c(C(=O)OC(C)C)ncc2[nH]c3ccc4oc(C5COC(C)(C)O5)nc4c3c12. The van der Waals surface area contributed by atoms with Crippen molar-refractivity contribution < 1.29 is 23.4 Å². The lowest BCUT2D eigenvalue weighted by molar-refractivity contribution is -0.141. The molecule has 4 aromatic rings. The van der Waals surface area contributed by atoms with Crippen molar-refractivity contribution in [1.29, 1.82) is 0 Å². The van der Waals surface area contributed by atoms with Crippen LogP contribution in [0.3, 0.4) is 0 Å². The highest BCUT2D eigenvalue weighted by molar-refractivity contribution is 6.20. The number of hydrogen-bond donors (Lipinski definition) is 1. The minimum Gasteiger partial charge on any atom is -0.458 e. The molecule has 0 bridgehead atoms. The Morgan fingerprint density at radius 2 is 2.10 bits per heavy atom. The molecule has 0 spiro atoms. The van der Waals surface area contributed by atoms with E-state index in [-0.39, 0.29) is 12.2 Å². The van der Waals surface area contributed by atoms with E-state index in [9.17, 15) is 4.79 Å². The van der Waals surface area contributed by atoms with Crippen molar-refractivity contribution in [2.45, 2.75) is 59.0 Å². The lowest BCUT2D eigenvalue weighted by atomic mass is 10.0. The lowest BCUT2D eigenvalue weighted by Gasteiger charge is -2.15. The van der Waals surface area contributed by atoms with Gasteiger partial charge in [0, 0.05) is 16.3 Å². The summed E-state index contributed by atoms with van der Waals surface area (Å²) in [5, 5.41) is 1.82. The Bertz CT molecular complexity index is 1320. The number of carbonyl (C=O) groups excluding carboxylic acids is 1. The highest BCUT2D eigenvalue weighted by Gasteiger charge is 2.36. The molecule has 1 unspecified atom stereocenters. The van der Waals surface area contributed by atoms with Crippen LogP contribution in [-0.2, 0) is 20.6 Å². The maximum Gasteiger partial charge on any atom is 0.357 e. The Morgan fingerprint density at radius 3 is 2.77 bits per heavy atom. The maximum absolute atomic E-state index is 12.7. The predicted molar refractivity (Wildman–Crippen MR) is 115 cm³/mol. The van der Waals surface area contributed by atoms with Crippen LogP contribution in [0.2, 0.25) is 0 Å². The summed E-state index contributed by atoms with van der Waals surface area (Å²) in [6.07, 6.45) is 1.70. The number of esters is 1. The largest absolute Gasteiger partial charge is 0.458 e. The highest BCUT2D eigenvalue weighted by atomic mass is 16.7. The summed E-state index contributed by atoms with van der Waals surface area (Å²) in [6, 6.07) is 3.84. The van der Waals surface area contributed by atoms with Gasteiger partial charge in [0.15, 0.2) is 23.2 Å². The van der Waals surface area contributed by atoms with E-state index in [2.05, 4.69) is 9.97 Å². The highest BCUT2D eigenvalue weighted by Crippen LogP contribution is 2.38. The molecule has 1 fully saturated rings. The summed E-state index contributed by atoms with van der Waals surface area (Å²) in [6.45, 7) is 9.76. The number of aromatic amines is 1. The van der Waals surface area contributed by atoms with E-state index < -0.39 is 11.8 Å². The molecule has 1 aliphatic rings. The molecule has 0 radical (unpaired) electrons. The van der Waals surface area contributed by atoms with Gasteiger partial charge in [-0.1, -0.05) is 6.92 Å². The van der Waals surface area contributed by atoms with Crippen LogP contribution in [0.15, 0.2) is 22.7 Å². The molecule has 0 aliphatic carbocycles. The molecule has 3 aromatic heterocycles. The van der Waals surface area contributed by atoms with Crippen molar-refractivity contribution in [3.8, 4) is 0 Å². The quantitative estimate of drug-likeness (QED) is 0.470. The second-order valence-electron chi connectivity index (χ2n) is 8.51. The topological polar surface area (TPSA) is 99.5 Å². The second-order valence-corrected chi connectivity index (χ2v) is 8.51. The molecule has 162 valence electrons. The molecular weight excluding hydrogens is 398 g/mol. The fourth-order valence-corrected chi connectivity index (χ4v) is 4.18. The molecule has 1 saturated heterocycles. The molecule has 0 amide bonds. The van der Waals surface area contributed by atoms with E-state index in [4.69, 9.17) is 23.6 Å². The van der Waals surface area contributed by atoms with Crippen LogP contribution < -0.4 is 0 Å². The van der Waals surface area contributed by atoms with Gasteiger partial charge in [-0.3, -0.25) is 0 Å². The van der Waals surface area contributed by atoms with Gasteiger partial charge in [0.1, 0.15) is 5.52 Å². The van der Waals surface area contributed by atoms with Gasteiger partial charge < -0.3 is 23.6 Å². The van der Waals surface area contributed by atoms with Gasteiger partial charge in [-0.15, -0.1) is 0 Å². The van der Waals surface area contributed by atoms with E-state index in [0.717, 1.165) is 32.9 Å². The number of pyridine rings is 1. The minimum atomic E-state index is -0.672. The molecule has 1 atom stereocenters. The van der Waals surface area contributed by atoms with Crippen molar-refractivity contribution in [2.75, 3.05) is 6.61 Å². The van der Waals surface area contributed by atoms with Gasteiger partial charge in [-0.05, 0) is 51.8 Å². The van der Waals surface area contributed by atoms with Crippen LogP contribution in [0.25, 0.3) is 32.9 Å². The van der Waals surface area contributed by atoms with E-state index in [1.54, 1.807) is 6.20 Å². The first-order valence-corrected chi connectivity index (χ1v) is 10.5. The third-order valence-corrected chi connectivity index (χ3v) is 5.45. The van der Waals surface area contributed by atoms with Crippen molar-refractivity contribution in [3.05, 3.63) is 35.5 Å². The molecule has 4 heterocycles. The first-order valence-electron chi connectivity index (χ1n) is 10.5. The van der Waals surface area contributed by atoms with Crippen molar-refractivity contribution in [3.63, 3.8) is 0 Å². The molecule has 5 rings (SSSR count). The number of benzene rings is 1. The Balaban J connectivity index is 1.73. The van der Waals surface area contributed by atoms with Gasteiger partial charge in [0.2, 0.25) is 5.89 Å². The Hall–Kier alpha value is -2.97. The van der Waals surface area contributed by atoms with Crippen molar-refractivity contribution in [1.82, 2.24) is 15.0 Å². The van der Waals surface area contributed by atoms with Crippen LogP contribution in [0, 0.1) is 0 Å². The number of carbonyl (C=O) groups is 1. The van der Waals surface area contributed by atoms with Crippen LogP contribution >= 0.6 is 0 Å². The van der Waals surface area contributed by atoms with Crippen LogP contribution in [-0.4, -0.2) is 39.4 Å². The molecule has 1 N–H and O–H groups in total. The zero-order valence-corrected chi connectivity index (χ0v) is 18.2. The summed E-state index contributed by atoms with van der Waals surface area (Å²) < 4.78 is 23.0. The van der Waals surface area contributed by atoms with Crippen LogP contribution in [0.1, 0.15) is 62.7 Å². The zero-order valence-electron chi connectivity index (χ0n) is 18.2. The van der Waals surface area contributed by atoms with E-state index in [1.165, 1.54) is 0 Å². The minimum absolute atomic E-state index is 0.222. The monoisotopic (exact) mass is 423 g/mol. The number of fused-ring (bicyclic) bond motifs is 5. The van der Waals surface area contributed by atoms with Gasteiger partial charge in [-0.25, -0.2) is 14.8 Å². The van der Waals surface area contributed by atoms with Crippen LogP contribution in [0.4, 0.5) is 0 Å². The number of aryl methyl sites for hydroxylation is 1. The van der Waals surface area contributed by atoms with Gasteiger partial charge in [-0.2, -0.15) is 0 Å². The molecule has 8 nitrogen and oxygen atoms in total. The van der Waals surface area contributed by atoms with Crippen molar-refractivity contribution >= 4 is 38.9 Å². The fraction of sp³-hybridized carbons (Fsp3) is 0.435. The summed E-state index contributed by atoms with van der Waals surface area (Å²) in [5.41, 5.74) is 4.27. The number of nitrogens with zero attached hydrogens (tertiary/aromatic N) is 2. The summed E-state index contributed by atoms with van der Waals surface area (Å²) >= 11 is 0. The third kappa shape index (κ3) is 3.26. The smallest absolute Gasteiger partial charge is 0.357 e. The molecule has 8 heteroatoms. The molecule has 1 aromatic carbocycles. The van der Waals surface area contributed by atoms with Gasteiger partial charge in [0.25, 0.3) is 0 Å². The molecule has 0 saturated carbocycles. The third-order valence-electron chi connectivity index (χ3n) is 5.45. The number of aromatic nitrogens is 3. The summed E-state index contributed by atoms with van der Waals surface area (Å²) in [7, 11) is 0. The Labute approximate surface area is 178 Å². The van der Waals surface area contributed by atoms with Crippen LogP contribution in [0.5, 0.6) is 0 Å². The maximum atomic E-state index is 12.7. The molecule has 1 aliphatic heterocycles. The number of H-pyrrole nitrogens is 1. The number of nitrogens with one attached hydrogen (secondary N) is 1. The van der Waals surface area contributed by atoms with E-state index in [0.29, 0.717) is 30.2 Å². The normalized spacial score (nSPS) is 18.6. The Morgan fingerprint density at radius 1 is 1.29 bits per heavy atom. The van der Waals surface area contributed by atoms with Crippen molar-refractivity contribution in [2.24, 2.45) is 0 Å². The first kappa shape index (κ1) is 20.0. The number of hydrogen-bond acceptors (Lipinski definition) is 7. The predicted octanol–water partition coefficient (Wildman–Crippen LogP) is 4.81. The lowest BCUT2D eigenvalue weighted by Crippen LogP contribution is -2.19. The molecular formula is C23H25N3O5. The summed E-state index contributed by atoms with van der Waals surface area (Å²) in [5.74, 6) is -0.613. The average Bonchev–Trinajstić information content (AvgIpc) is 3.39. The second kappa shape index (κ2) is 7.03. The average molecular weight is 423 g/mol. The first-order chi connectivity index (χ1) is 14.8. The number of ether oxygens (including phenoxy) is 3.